The molecule has 0 aromatic heterocycles. The molecule has 0 aliphatic heterocycles. The lowest BCUT2D eigenvalue weighted by molar-refractivity contribution is -0.150. The zero-order valence-electron chi connectivity index (χ0n) is 47.5. The molecule has 19 heteroatoms. The van der Waals surface area contributed by atoms with E-state index in [1.807, 2.05) is 92.6 Å². The van der Waals surface area contributed by atoms with Crippen LogP contribution in [0.4, 0.5) is 14.4 Å². The van der Waals surface area contributed by atoms with E-state index in [4.69, 9.17) is 33.9 Å². The van der Waals surface area contributed by atoms with Crippen molar-refractivity contribution in [3.8, 4) is 0 Å². The minimum Gasteiger partial charge on any atom is -0.481 e. The van der Waals surface area contributed by atoms with Gasteiger partial charge < -0.3 is 54.6 Å². The number of alkyl carbamates (subject to hydrolysis) is 3. The minimum atomic E-state index is -0.740. The van der Waals surface area contributed by atoms with Crippen LogP contribution in [0, 0.1) is 29.6 Å². The third kappa shape index (κ3) is 29.6. The second kappa shape index (κ2) is 33.5. The Morgan fingerprint density at radius 2 is 0.711 bits per heavy atom. The van der Waals surface area contributed by atoms with E-state index in [-0.39, 0.29) is 77.8 Å². The predicted octanol–water partition coefficient (Wildman–Crippen LogP) is 10.8. The SMILES string of the molecule is CC(C)(C)OC(=O)NC1CCCC(C(=O)O)CC1.CC(C)(C)OC(=O)NC1CCCC(C(=O)OCc2ccccc2)CC1.COC(=O)C1CCCC(C(=O)O)CC1.COC(=O)C1CCCC(NC(=O)OC(C)(C)C)CC1. The van der Waals surface area contributed by atoms with Gasteiger partial charge in [-0.25, -0.2) is 14.4 Å². The number of amides is 3. The molecule has 1 aromatic rings. The van der Waals surface area contributed by atoms with Crippen molar-refractivity contribution in [3.05, 3.63) is 35.9 Å². The van der Waals surface area contributed by atoms with Gasteiger partial charge in [-0.15, -0.1) is 0 Å². The maximum absolute atomic E-state index is 12.3. The van der Waals surface area contributed by atoms with Gasteiger partial charge in [0.2, 0.25) is 0 Å². The Morgan fingerprint density at radius 1 is 0.421 bits per heavy atom. The molecule has 0 radical (unpaired) electrons. The summed E-state index contributed by atoms with van der Waals surface area (Å²) >= 11 is 0. The van der Waals surface area contributed by atoms with E-state index in [1.165, 1.54) is 14.2 Å². The van der Waals surface area contributed by atoms with Crippen molar-refractivity contribution in [2.45, 2.75) is 232 Å². The quantitative estimate of drug-likeness (QED) is 0.0828. The Bertz CT molecular complexity index is 1960. The molecule has 8 unspecified atom stereocenters. The van der Waals surface area contributed by atoms with Crippen molar-refractivity contribution < 1.29 is 77.0 Å². The highest BCUT2D eigenvalue weighted by Gasteiger charge is 2.31. The molecule has 4 aliphatic rings. The standard InChI is InChI=1S/C20H29NO4.C14H25NO4.C13H23NO4.C10H16O4/c1-20(2,3)25-19(23)21-17-11-7-10-16(12-13-17)18(22)24-14-15-8-5-4-6-9-15;1-14(2,3)19-13(17)15-11-7-5-6-10(8-9-11)12(16)18-4;1-13(2,3)18-12(17)14-10-6-4-5-9(7-8-10)11(15)16;1-14-10(13)8-4-2-3-7(5-6-8)9(11)12/h4-6,8-9,16-17H,7,10-14H2,1-3H3,(H,21,23);10-11H,5-9H2,1-4H3,(H,15,17);9-10H,4-8H2,1-3H3,(H,14,17)(H,15,16);7-8H,2-6H2,1H3,(H,11,12). The lowest BCUT2D eigenvalue weighted by Crippen LogP contribution is -2.39. The predicted molar refractivity (Wildman–Crippen MR) is 285 cm³/mol. The number of rotatable bonds is 10. The van der Waals surface area contributed by atoms with Gasteiger partial charge in [-0.1, -0.05) is 56.0 Å². The first-order valence-electron chi connectivity index (χ1n) is 27.4. The van der Waals surface area contributed by atoms with Gasteiger partial charge in [-0.3, -0.25) is 24.0 Å². The van der Waals surface area contributed by atoms with Gasteiger partial charge in [0.15, 0.2) is 0 Å². The summed E-state index contributed by atoms with van der Waals surface area (Å²) in [5, 5.41) is 26.4. The first kappa shape index (κ1) is 66.5. The van der Waals surface area contributed by atoms with E-state index in [2.05, 4.69) is 20.7 Å². The van der Waals surface area contributed by atoms with E-state index in [9.17, 15) is 38.4 Å². The van der Waals surface area contributed by atoms with E-state index in [1.54, 1.807) is 0 Å². The van der Waals surface area contributed by atoms with Crippen molar-refractivity contribution >= 4 is 48.1 Å². The van der Waals surface area contributed by atoms with Crippen LogP contribution in [-0.2, 0) is 59.0 Å². The van der Waals surface area contributed by atoms with Crippen LogP contribution in [-0.4, -0.2) is 107 Å². The van der Waals surface area contributed by atoms with Gasteiger partial charge in [0.05, 0.1) is 43.8 Å². The van der Waals surface area contributed by atoms with Crippen LogP contribution in [0.2, 0.25) is 0 Å². The molecule has 432 valence electrons. The fourth-order valence-corrected chi connectivity index (χ4v) is 9.44. The summed E-state index contributed by atoms with van der Waals surface area (Å²) in [7, 11) is 2.80. The normalized spacial score (nSPS) is 24.0. The Kier molecular flexibility index (Phi) is 29.3. The van der Waals surface area contributed by atoms with Crippen molar-refractivity contribution in [1.82, 2.24) is 16.0 Å². The topological polar surface area (TPSA) is 268 Å². The maximum Gasteiger partial charge on any atom is 0.407 e. The number of carbonyl (C=O) groups is 8. The Hall–Kier alpha value is -5.62. The van der Waals surface area contributed by atoms with E-state index < -0.39 is 34.8 Å². The van der Waals surface area contributed by atoms with Gasteiger partial charge in [-0.2, -0.15) is 0 Å². The lowest BCUT2D eigenvalue weighted by atomic mass is 9.98. The molecular formula is C57H93N3O16. The summed E-state index contributed by atoms with van der Waals surface area (Å²) in [6.45, 7) is 16.8. The van der Waals surface area contributed by atoms with Crippen LogP contribution >= 0.6 is 0 Å². The summed E-state index contributed by atoms with van der Waals surface area (Å²) in [6, 6.07) is 9.87. The highest BCUT2D eigenvalue weighted by molar-refractivity contribution is 5.74. The first-order chi connectivity index (χ1) is 35.6. The van der Waals surface area contributed by atoms with Gasteiger partial charge >= 0.3 is 48.1 Å². The van der Waals surface area contributed by atoms with Crippen molar-refractivity contribution in [2.24, 2.45) is 29.6 Å². The molecule has 19 nitrogen and oxygen atoms in total. The summed E-state index contributed by atoms with van der Waals surface area (Å²) < 4.78 is 30.6. The zero-order chi connectivity index (χ0) is 57.1. The van der Waals surface area contributed by atoms with Gasteiger partial charge in [0.25, 0.3) is 0 Å². The molecule has 76 heavy (non-hydrogen) atoms. The molecule has 0 spiro atoms. The highest BCUT2D eigenvalue weighted by Crippen LogP contribution is 2.29. The second-order valence-corrected chi connectivity index (χ2v) is 23.4. The number of ether oxygens (including phenoxy) is 6. The third-order valence-corrected chi connectivity index (χ3v) is 13.4. The molecule has 0 heterocycles. The Balaban J connectivity index is 0.000000354. The first-order valence-corrected chi connectivity index (χ1v) is 27.4. The summed E-state index contributed by atoms with van der Waals surface area (Å²) in [4.78, 5) is 91.9. The molecule has 0 bridgehead atoms. The molecule has 5 rings (SSSR count). The zero-order valence-corrected chi connectivity index (χ0v) is 47.5. The fourth-order valence-electron chi connectivity index (χ4n) is 9.44. The number of aliphatic carboxylic acids is 2. The Morgan fingerprint density at radius 3 is 1.04 bits per heavy atom. The second-order valence-electron chi connectivity index (χ2n) is 23.4. The fraction of sp³-hybridized carbons (Fsp3) is 0.754. The summed E-state index contributed by atoms with van der Waals surface area (Å²) in [5.41, 5.74) is -0.491. The largest absolute Gasteiger partial charge is 0.481 e. The van der Waals surface area contributed by atoms with Crippen LogP contribution in [0.1, 0.15) is 196 Å². The van der Waals surface area contributed by atoms with E-state index in [0.29, 0.717) is 45.1 Å². The van der Waals surface area contributed by atoms with E-state index in [0.717, 1.165) is 95.5 Å². The van der Waals surface area contributed by atoms with Gasteiger partial charge in [-0.05, 0) is 171 Å². The lowest BCUT2D eigenvalue weighted by Gasteiger charge is -2.23. The van der Waals surface area contributed by atoms with Gasteiger partial charge in [0, 0.05) is 18.1 Å². The highest BCUT2D eigenvalue weighted by atomic mass is 16.6. The number of hydrogen-bond donors (Lipinski definition) is 5. The number of carbonyl (C=O) groups excluding carboxylic acids is 6. The molecule has 8 atom stereocenters. The van der Waals surface area contributed by atoms with Gasteiger partial charge in [0.1, 0.15) is 23.4 Å². The average molecular weight is 1080 g/mol. The molecular weight excluding hydrogens is 983 g/mol. The summed E-state index contributed by atoms with van der Waals surface area (Å²) in [6.07, 6.45) is 14.2. The Labute approximate surface area is 451 Å². The van der Waals surface area contributed by atoms with Crippen LogP contribution < -0.4 is 16.0 Å². The average Bonchev–Trinajstić information content (AvgIpc) is 3.91. The number of carboxylic acids is 2. The molecule has 5 N–H and O–H groups in total. The molecule has 4 saturated carbocycles. The number of hydrogen-bond acceptors (Lipinski definition) is 14. The van der Waals surface area contributed by atoms with Crippen molar-refractivity contribution in [2.75, 3.05) is 14.2 Å². The smallest absolute Gasteiger partial charge is 0.407 e. The molecule has 4 fully saturated rings. The molecule has 1 aromatic carbocycles. The number of carboxylic acid groups (broad SMARTS) is 2. The molecule has 3 amide bonds. The number of benzene rings is 1. The number of nitrogens with one attached hydrogen (secondary N) is 3. The third-order valence-electron chi connectivity index (χ3n) is 13.4. The van der Waals surface area contributed by atoms with Crippen LogP contribution in [0.15, 0.2) is 30.3 Å². The monoisotopic (exact) mass is 1080 g/mol. The van der Waals surface area contributed by atoms with Crippen LogP contribution in [0.25, 0.3) is 0 Å². The maximum atomic E-state index is 12.3. The van der Waals surface area contributed by atoms with Crippen LogP contribution in [0.3, 0.4) is 0 Å². The van der Waals surface area contributed by atoms with Crippen molar-refractivity contribution in [3.63, 3.8) is 0 Å². The number of methoxy groups -OCH3 is 2. The minimum absolute atomic E-state index is 0.0317. The van der Waals surface area contributed by atoms with Crippen molar-refractivity contribution in [1.29, 1.82) is 0 Å². The molecule has 4 aliphatic carbocycles. The summed E-state index contributed by atoms with van der Waals surface area (Å²) in [5.74, 6) is -2.70. The van der Waals surface area contributed by atoms with Crippen LogP contribution in [0.5, 0.6) is 0 Å². The molecule has 0 saturated heterocycles. The number of esters is 3. The van der Waals surface area contributed by atoms with E-state index >= 15 is 0 Å².